The predicted molar refractivity (Wildman–Crippen MR) is 65.3 cm³/mol. The van der Waals surface area contributed by atoms with Gasteiger partial charge in [-0.05, 0) is 29.1 Å². The van der Waals surface area contributed by atoms with E-state index in [4.69, 9.17) is 4.74 Å². The lowest BCUT2D eigenvalue weighted by molar-refractivity contribution is 0.0994. The van der Waals surface area contributed by atoms with Crippen LogP contribution in [0.1, 0.15) is 15.2 Å². The van der Waals surface area contributed by atoms with Crippen molar-refractivity contribution in [2.75, 3.05) is 7.11 Å². The number of ketones is 1. The van der Waals surface area contributed by atoms with Gasteiger partial charge in [0.15, 0.2) is 5.78 Å². The van der Waals surface area contributed by atoms with Gasteiger partial charge in [-0.1, -0.05) is 12.1 Å². The molecular weight excluding hydrogens is 239 g/mol. The molecule has 0 N–H and O–H groups in total. The molecule has 0 radical (unpaired) electrons. The van der Waals surface area contributed by atoms with Gasteiger partial charge in [0.2, 0.25) is 0 Å². The maximum Gasteiger partial charge on any atom is 0.180 e. The van der Waals surface area contributed by atoms with Gasteiger partial charge in [0.05, 0.1) is 7.11 Å². The lowest BCUT2D eigenvalue weighted by Gasteiger charge is -2.02. The van der Waals surface area contributed by atoms with Crippen LogP contribution in [0.25, 0.3) is 0 Å². The average molecular weight is 250 g/mol. The molecule has 4 heteroatoms. The van der Waals surface area contributed by atoms with Gasteiger partial charge >= 0.3 is 0 Å². The molecule has 0 unspecified atom stereocenters. The Labute approximate surface area is 103 Å². The third-order valence-electron chi connectivity index (χ3n) is 2.36. The highest BCUT2D eigenvalue weighted by molar-refractivity contribution is 7.12. The van der Waals surface area contributed by atoms with Gasteiger partial charge in [0, 0.05) is 6.42 Å². The van der Waals surface area contributed by atoms with Crippen LogP contribution in [0.5, 0.6) is 5.75 Å². The fourth-order valence-electron chi connectivity index (χ4n) is 1.57. The number of rotatable bonds is 4. The van der Waals surface area contributed by atoms with Crippen molar-refractivity contribution in [1.29, 1.82) is 0 Å². The molecular formula is C13H11FO2S. The highest BCUT2D eigenvalue weighted by Gasteiger charge is 2.14. The zero-order chi connectivity index (χ0) is 12.3. The summed E-state index contributed by atoms with van der Waals surface area (Å²) in [4.78, 5) is 12.6. The molecule has 0 spiro atoms. The SMILES string of the molecule is COc1ccsc1C(=O)Cc1cccc(F)c1. The maximum atomic E-state index is 13.0. The van der Waals surface area contributed by atoms with Crippen molar-refractivity contribution in [3.63, 3.8) is 0 Å². The fourth-order valence-corrected chi connectivity index (χ4v) is 2.37. The van der Waals surface area contributed by atoms with Gasteiger partial charge in [-0.25, -0.2) is 4.39 Å². The molecule has 1 heterocycles. The van der Waals surface area contributed by atoms with Gasteiger partial charge in [-0.15, -0.1) is 11.3 Å². The number of carbonyl (C=O) groups excluding carboxylic acids is 1. The van der Waals surface area contributed by atoms with Crippen LogP contribution in [0.15, 0.2) is 35.7 Å². The molecule has 0 amide bonds. The number of hydrogen-bond donors (Lipinski definition) is 0. The largest absolute Gasteiger partial charge is 0.495 e. The first-order chi connectivity index (χ1) is 8.20. The Hall–Kier alpha value is -1.68. The lowest BCUT2D eigenvalue weighted by Crippen LogP contribution is -2.03. The molecule has 0 bridgehead atoms. The highest BCUT2D eigenvalue weighted by atomic mass is 32.1. The average Bonchev–Trinajstić information content (AvgIpc) is 2.77. The summed E-state index contributed by atoms with van der Waals surface area (Å²) >= 11 is 1.34. The molecule has 0 aliphatic heterocycles. The van der Waals surface area contributed by atoms with Crippen LogP contribution in [-0.4, -0.2) is 12.9 Å². The second-order valence-corrected chi connectivity index (χ2v) is 4.46. The minimum absolute atomic E-state index is 0.0533. The molecule has 0 aliphatic carbocycles. The topological polar surface area (TPSA) is 26.3 Å². The molecule has 17 heavy (non-hydrogen) atoms. The third-order valence-corrected chi connectivity index (χ3v) is 3.29. The van der Waals surface area contributed by atoms with Crippen molar-refractivity contribution in [3.05, 3.63) is 52.0 Å². The van der Waals surface area contributed by atoms with E-state index in [1.165, 1.54) is 30.6 Å². The van der Waals surface area contributed by atoms with E-state index < -0.39 is 0 Å². The summed E-state index contributed by atoms with van der Waals surface area (Å²) in [6.07, 6.45) is 0.189. The van der Waals surface area contributed by atoms with Crippen molar-refractivity contribution in [1.82, 2.24) is 0 Å². The minimum atomic E-state index is -0.326. The van der Waals surface area contributed by atoms with Gasteiger partial charge in [0.1, 0.15) is 16.4 Å². The molecule has 1 aromatic heterocycles. The van der Waals surface area contributed by atoms with Gasteiger partial charge < -0.3 is 4.74 Å². The smallest absolute Gasteiger partial charge is 0.180 e. The number of methoxy groups -OCH3 is 1. The van der Waals surface area contributed by atoms with E-state index in [1.54, 1.807) is 23.6 Å². The maximum absolute atomic E-state index is 13.0. The van der Waals surface area contributed by atoms with Gasteiger partial charge in [-0.2, -0.15) is 0 Å². The quantitative estimate of drug-likeness (QED) is 0.778. The van der Waals surface area contributed by atoms with E-state index >= 15 is 0 Å². The summed E-state index contributed by atoms with van der Waals surface area (Å²) in [5.41, 5.74) is 0.672. The zero-order valence-corrected chi connectivity index (χ0v) is 10.1. The first-order valence-corrected chi connectivity index (χ1v) is 5.98. The van der Waals surface area contributed by atoms with Crippen LogP contribution >= 0.6 is 11.3 Å². The highest BCUT2D eigenvalue weighted by Crippen LogP contribution is 2.26. The molecule has 0 saturated carbocycles. The number of ether oxygens (including phenoxy) is 1. The Kier molecular flexibility index (Phi) is 3.54. The molecule has 88 valence electrons. The van der Waals surface area contributed by atoms with Crippen LogP contribution in [0.2, 0.25) is 0 Å². The lowest BCUT2D eigenvalue weighted by atomic mass is 10.1. The molecule has 0 fully saturated rings. The molecule has 0 aliphatic rings. The monoisotopic (exact) mass is 250 g/mol. The van der Waals surface area contributed by atoms with Crippen LogP contribution in [0, 0.1) is 5.82 Å². The molecule has 0 saturated heterocycles. The number of carbonyl (C=O) groups is 1. The number of thiophene rings is 1. The first kappa shape index (κ1) is 11.8. The summed E-state index contributed by atoms with van der Waals surface area (Å²) in [6, 6.07) is 7.83. The van der Waals surface area contributed by atoms with Crippen LogP contribution in [-0.2, 0) is 6.42 Å². The summed E-state index contributed by atoms with van der Waals surface area (Å²) in [6.45, 7) is 0. The van der Waals surface area contributed by atoms with Crippen molar-refractivity contribution < 1.29 is 13.9 Å². The third kappa shape index (κ3) is 2.71. The van der Waals surface area contributed by atoms with E-state index in [0.717, 1.165) is 0 Å². The minimum Gasteiger partial charge on any atom is -0.495 e. The predicted octanol–water partition coefficient (Wildman–Crippen LogP) is 3.32. The number of Topliss-reactive ketones (excluding diaryl/α,β-unsaturated/α-hetero) is 1. The number of hydrogen-bond acceptors (Lipinski definition) is 3. The fraction of sp³-hybridized carbons (Fsp3) is 0.154. The van der Waals surface area contributed by atoms with Crippen molar-refractivity contribution >= 4 is 17.1 Å². The van der Waals surface area contributed by atoms with Crippen LogP contribution in [0.3, 0.4) is 0 Å². The van der Waals surface area contributed by atoms with Gasteiger partial charge in [0.25, 0.3) is 0 Å². The van der Waals surface area contributed by atoms with E-state index in [0.29, 0.717) is 16.2 Å². The van der Waals surface area contributed by atoms with Crippen molar-refractivity contribution in [2.45, 2.75) is 6.42 Å². The molecule has 1 aromatic carbocycles. The van der Waals surface area contributed by atoms with E-state index in [2.05, 4.69) is 0 Å². The summed E-state index contributed by atoms with van der Waals surface area (Å²) in [7, 11) is 1.53. The Morgan fingerprint density at radius 2 is 2.24 bits per heavy atom. The van der Waals surface area contributed by atoms with Gasteiger partial charge in [-0.3, -0.25) is 4.79 Å². The Morgan fingerprint density at radius 3 is 2.94 bits per heavy atom. The Morgan fingerprint density at radius 1 is 1.41 bits per heavy atom. The molecule has 0 atom stereocenters. The Bertz CT molecular complexity index is 534. The van der Waals surface area contributed by atoms with E-state index in [9.17, 15) is 9.18 Å². The summed E-state index contributed by atoms with van der Waals surface area (Å²) in [5.74, 6) is 0.201. The standard InChI is InChI=1S/C13H11FO2S/c1-16-12-5-6-17-13(12)11(15)8-9-3-2-4-10(14)7-9/h2-7H,8H2,1H3. The molecule has 2 rings (SSSR count). The van der Waals surface area contributed by atoms with Crippen LogP contribution < -0.4 is 4.74 Å². The van der Waals surface area contributed by atoms with Crippen LogP contribution in [0.4, 0.5) is 4.39 Å². The normalized spacial score (nSPS) is 10.2. The first-order valence-electron chi connectivity index (χ1n) is 5.10. The zero-order valence-electron chi connectivity index (χ0n) is 9.27. The van der Waals surface area contributed by atoms with Crippen molar-refractivity contribution in [2.24, 2.45) is 0 Å². The van der Waals surface area contributed by atoms with E-state index in [1.807, 2.05) is 0 Å². The molecule has 2 aromatic rings. The number of benzene rings is 1. The Balaban J connectivity index is 2.17. The second kappa shape index (κ2) is 5.10. The summed E-state index contributed by atoms with van der Waals surface area (Å²) < 4.78 is 18.1. The van der Waals surface area contributed by atoms with E-state index in [-0.39, 0.29) is 18.0 Å². The molecule has 2 nitrogen and oxygen atoms in total. The second-order valence-electron chi connectivity index (χ2n) is 3.55. The van der Waals surface area contributed by atoms with Crippen molar-refractivity contribution in [3.8, 4) is 5.75 Å². The summed E-state index contributed by atoms with van der Waals surface area (Å²) in [5, 5.41) is 1.80. The number of halogens is 1.